The quantitative estimate of drug-likeness (QED) is 0.723. The Balaban J connectivity index is 1.50. The first kappa shape index (κ1) is 16.2. The smallest absolute Gasteiger partial charge is 0.103 e. The molecule has 0 aromatic heterocycles. The van der Waals surface area contributed by atoms with Crippen LogP contribution in [-0.2, 0) is 6.54 Å². The van der Waals surface area contributed by atoms with Gasteiger partial charge < -0.3 is 15.8 Å². The first-order chi connectivity index (χ1) is 11.2. The summed E-state index contributed by atoms with van der Waals surface area (Å²) in [5.74, 6) is 0. The summed E-state index contributed by atoms with van der Waals surface area (Å²) in [5, 5.41) is 1.11. The number of rotatable bonds is 5. The summed E-state index contributed by atoms with van der Waals surface area (Å²) in [7, 11) is 0. The molecule has 1 aliphatic heterocycles. The summed E-state index contributed by atoms with van der Waals surface area (Å²) in [6.45, 7) is 3.22. The van der Waals surface area contributed by atoms with Gasteiger partial charge in [0.1, 0.15) is 6.54 Å². The number of benzene rings is 2. The Morgan fingerprint density at radius 1 is 0.957 bits per heavy atom. The van der Waals surface area contributed by atoms with Crippen LogP contribution in [0.1, 0.15) is 12.0 Å². The van der Waals surface area contributed by atoms with Gasteiger partial charge in [-0.05, 0) is 24.3 Å². The van der Waals surface area contributed by atoms with Gasteiger partial charge in [-0.15, -0.1) is 0 Å². The predicted molar refractivity (Wildman–Crippen MR) is 96.8 cm³/mol. The fourth-order valence-corrected chi connectivity index (χ4v) is 2.97. The molecule has 3 rings (SSSR count). The summed E-state index contributed by atoms with van der Waals surface area (Å²) in [5.41, 5.74) is 9.95. The third kappa shape index (κ3) is 4.64. The minimum atomic E-state index is 0.551. The summed E-state index contributed by atoms with van der Waals surface area (Å²) in [6, 6.07) is 16.1. The normalized spacial score (nSPS) is 17.5. The summed E-state index contributed by atoms with van der Waals surface area (Å²) in [6.07, 6.45) is 3.28. The molecular formula is C18H20Cl2N3+. The van der Waals surface area contributed by atoms with Gasteiger partial charge in [-0.3, -0.25) is 0 Å². The number of hydrogen-bond donors (Lipinski definition) is 3. The van der Waals surface area contributed by atoms with Crippen molar-refractivity contribution < 1.29 is 4.90 Å². The van der Waals surface area contributed by atoms with E-state index in [1.807, 2.05) is 12.1 Å². The van der Waals surface area contributed by atoms with Gasteiger partial charge in [-0.2, -0.15) is 0 Å². The number of hydrazine groups is 1. The van der Waals surface area contributed by atoms with E-state index in [4.69, 9.17) is 23.2 Å². The standard InChI is InChI=1S/C18H19Cl2N3/c19-17-7-6-16(12-18(17)20)22-21-15-8-10-23(11-9-15)13-14-4-2-1-3-5-14/h1-8,12,21-22H,9-11,13H2/p+1. The Morgan fingerprint density at radius 2 is 1.78 bits per heavy atom. The Bertz CT molecular complexity index is 686. The van der Waals surface area contributed by atoms with Crippen LogP contribution in [-0.4, -0.2) is 13.1 Å². The molecule has 23 heavy (non-hydrogen) atoms. The molecule has 3 N–H and O–H groups in total. The molecule has 0 amide bonds. The summed E-state index contributed by atoms with van der Waals surface area (Å²) >= 11 is 11.9. The van der Waals surface area contributed by atoms with Crippen LogP contribution in [0.15, 0.2) is 60.3 Å². The van der Waals surface area contributed by atoms with Crippen molar-refractivity contribution in [1.29, 1.82) is 0 Å². The van der Waals surface area contributed by atoms with E-state index in [9.17, 15) is 0 Å². The minimum absolute atomic E-state index is 0.551. The maximum Gasteiger partial charge on any atom is 0.103 e. The van der Waals surface area contributed by atoms with Gasteiger partial charge in [0, 0.05) is 17.7 Å². The first-order valence-electron chi connectivity index (χ1n) is 7.74. The first-order valence-corrected chi connectivity index (χ1v) is 8.50. The van der Waals surface area contributed by atoms with Gasteiger partial charge in [0.25, 0.3) is 0 Å². The van der Waals surface area contributed by atoms with E-state index in [0.717, 1.165) is 31.7 Å². The molecule has 0 fully saturated rings. The third-order valence-electron chi connectivity index (χ3n) is 3.97. The lowest BCUT2D eigenvalue weighted by Gasteiger charge is -2.24. The highest BCUT2D eigenvalue weighted by Crippen LogP contribution is 2.24. The van der Waals surface area contributed by atoms with Gasteiger partial charge in [0.05, 0.1) is 28.8 Å². The Labute approximate surface area is 146 Å². The van der Waals surface area contributed by atoms with Crippen molar-refractivity contribution >= 4 is 28.9 Å². The molecular weight excluding hydrogens is 329 g/mol. The van der Waals surface area contributed by atoms with Crippen LogP contribution >= 0.6 is 23.2 Å². The van der Waals surface area contributed by atoms with E-state index in [1.165, 1.54) is 11.3 Å². The summed E-state index contributed by atoms with van der Waals surface area (Å²) in [4.78, 5) is 1.58. The van der Waals surface area contributed by atoms with E-state index in [1.54, 1.807) is 11.0 Å². The molecule has 1 heterocycles. The van der Waals surface area contributed by atoms with Gasteiger partial charge in [0.2, 0.25) is 0 Å². The van der Waals surface area contributed by atoms with Gasteiger partial charge >= 0.3 is 0 Å². The second kappa shape index (κ2) is 7.73. The highest BCUT2D eigenvalue weighted by molar-refractivity contribution is 6.42. The Morgan fingerprint density at radius 3 is 2.48 bits per heavy atom. The molecule has 0 bridgehead atoms. The number of nitrogens with one attached hydrogen (secondary N) is 3. The van der Waals surface area contributed by atoms with Gasteiger partial charge in [-0.25, -0.2) is 0 Å². The van der Waals surface area contributed by atoms with Crippen molar-refractivity contribution in [2.24, 2.45) is 0 Å². The molecule has 0 aliphatic carbocycles. The van der Waals surface area contributed by atoms with Crippen molar-refractivity contribution in [1.82, 2.24) is 5.43 Å². The second-order valence-electron chi connectivity index (χ2n) is 5.72. The fourth-order valence-electron chi connectivity index (χ4n) is 2.67. The predicted octanol–water partition coefficient (Wildman–Crippen LogP) is 3.28. The molecule has 120 valence electrons. The zero-order valence-corrected chi connectivity index (χ0v) is 14.3. The molecule has 1 aliphatic rings. The second-order valence-corrected chi connectivity index (χ2v) is 6.54. The maximum absolute atomic E-state index is 6.01. The third-order valence-corrected chi connectivity index (χ3v) is 4.71. The molecule has 0 spiro atoms. The van der Waals surface area contributed by atoms with E-state index in [-0.39, 0.29) is 0 Å². The molecule has 2 aromatic rings. The monoisotopic (exact) mass is 348 g/mol. The number of anilines is 1. The number of quaternary nitrogens is 1. The molecule has 3 nitrogen and oxygen atoms in total. The van der Waals surface area contributed by atoms with Gasteiger partial charge in [0.15, 0.2) is 0 Å². The SMILES string of the molecule is Clc1ccc(NNC2=CC[NH+](Cc3ccccc3)CC2)cc1Cl. The highest BCUT2D eigenvalue weighted by atomic mass is 35.5. The zero-order chi connectivity index (χ0) is 16.1. The van der Waals surface area contributed by atoms with Crippen molar-refractivity contribution in [3.63, 3.8) is 0 Å². The van der Waals surface area contributed by atoms with E-state index < -0.39 is 0 Å². The lowest BCUT2D eigenvalue weighted by atomic mass is 10.1. The van der Waals surface area contributed by atoms with Crippen LogP contribution in [0.2, 0.25) is 10.0 Å². The van der Waals surface area contributed by atoms with Crippen molar-refractivity contribution in [2.45, 2.75) is 13.0 Å². The number of hydrogen-bond acceptors (Lipinski definition) is 2. The summed E-state index contributed by atoms with van der Waals surface area (Å²) < 4.78 is 0. The Kier molecular flexibility index (Phi) is 5.44. The lowest BCUT2D eigenvalue weighted by molar-refractivity contribution is -0.909. The van der Waals surface area contributed by atoms with Crippen LogP contribution in [0.3, 0.4) is 0 Å². The van der Waals surface area contributed by atoms with Crippen LogP contribution in [0, 0.1) is 0 Å². The van der Waals surface area contributed by atoms with Crippen molar-refractivity contribution in [3.05, 3.63) is 75.9 Å². The topological polar surface area (TPSA) is 28.5 Å². The van der Waals surface area contributed by atoms with Crippen molar-refractivity contribution in [3.8, 4) is 0 Å². The maximum atomic E-state index is 6.01. The average molecular weight is 349 g/mol. The zero-order valence-electron chi connectivity index (χ0n) is 12.8. The van der Waals surface area contributed by atoms with Crippen LogP contribution in [0.25, 0.3) is 0 Å². The highest BCUT2D eigenvalue weighted by Gasteiger charge is 2.15. The van der Waals surface area contributed by atoms with Gasteiger partial charge in [-0.1, -0.05) is 53.5 Å². The van der Waals surface area contributed by atoms with Crippen LogP contribution in [0.4, 0.5) is 5.69 Å². The van der Waals surface area contributed by atoms with E-state index in [2.05, 4.69) is 47.3 Å². The molecule has 1 unspecified atom stereocenters. The lowest BCUT2D eigenvalue weighted by Crippen LogP contribution is -3.11. The minimum Gasteiger partial charge on any atom is -0.328 e. The molecule has 0 saturated carbocycles. The fraction of sp³-hybridized carbons (Fsp3) is 0.222. The van der Waals surface area contributed by atoms with E-state index in [0.29, 0.717) is 10.0 Å². The molecule has 5 heteroatoms. The number of halogens is 2. The average Bonchev–Trinajstić information content (AvgIpc) is 2.58. The molecule has 0 radical (unpaired) electrons. The van der Waals surface area contributed by atoms with Crippen LogP contribution < -0.4 is 15.8 Å². The molecule has 1 atom stereocenters. The van der Waals surface area contributed by atoms with E-state index >= 15 is 0 Å². The Hall–Kier alpha value is -1.68. The van der Waals surface area contributed by atoms with Crippen LogP contribution in [0.5, 0.6) is 0 Å². The largest absolute Gasteiger partial charge is 0.328 e. The van der Waals surface area contributed by atoms with Crippen molar-refractivity contribution in [2.75, 3.05) is 18.5 Å². The molecule has 2 aromatic carbocycles. The molecule has 0 saturated heterocycles.